The summed E-state index contributed by atoms with van der Waals surface area (Å²) in [4.78, 5) is 23.7. The molecule has 2 N–H and O–H groups in total. The summed E-state index contributed by atoms with van der Waals surface area (Å²) in [5.41, 5.74) is -0.748. The lowest BCUT2D eigenvalue weighted by molar-refractivity contribution is -0.130. The van der Waals surface area contributed by atoms with Crippen LogP contribution in [0.3, 0.4) is 0 Å². The molecule has 0 saturated heterocycles. The van der Waals surface area contributed by atoms with Gasteiger partial charge in [-0.25, -0.2) is 0 Å². The molecule has 0 rings (SSSR count). The predicted octanol–water partition coefficient (Wildman–Crippen LogP) is 6.28. The Kier molecular flexibility index (Phi) is 19.6. The Morgan fingerprint density at radius 2 is 1.50 bits per heavy atom. The molecular formula is C27H51NO4. The fourth-order valence-electron chi connectivity index (χ4n) is 3.35. The number of carbonyl (C=O) groups is 2. The number of hydrogen-bond acceptors (Lipinski definition) is 4. The van der Waals surface area contributed by atoms with Gasteiger partial charge in [0.1, 0.15) is 6.10 Å². The predicted molar refractivity (Wildman–Crippen MR) is 134 cm³/mol. The number of allylic oxidation sites excluding steroid dienone is 2. The largest absolute Gasteiger partial charge is 0.390 e. The average Bonchev–Trinajstić information content (AvgIpc) is 2.73. The zero-order valence-corrected chi connectivity index (χ0v) is 21.4. The van der Waals surface area contributed by atoms with Gasteiger partial charge >= 0.3 is 0 Å². The van der Waals surface area contributed by atoms with E-state index in [1.165, 1.54) is 12.8 Å². The molecule has 0 aromatic heterocycles. The van der Waals surface area contributed by atoms with Crippen molar-refractivity contribution in [2.45, 2.75) is 136 Å². The Bertz CT molecular complexity index is 496. The Hall–Kier alpha value is -1.20. The third-order valence-corrected chi connectivity index (χ3v) is 5.62. The molecular weight excluding hydrogens is 402 g/mol. The first kappa shape index (κ1) is 30.8. The molecule has 32 heavy (non-hydrogen) atoms. The first-order valence-electron chi connectivity index (χ1n) is 13.0. The van der Waals surface area contributed by atoms with Crippen molar-refractivity contribution in [1.82, 2.24) is 5.32 Å². The molecule has 0 bridgehead atoms. The van der Waals surface area contributed by atoms with E-state index in [1.807, 2.05) is 0 Å². The van der Waals surface area contributed by atoms with Gasteiger partial charge < -0.3 is 15.2 Å². The van der Waals surface area contributed by atoms with Gasteiger partial charge in [-0.2, -0.15) is 0 Å². The molecule has 0 aromatic carbocycles. The van der Waals surface area contributed by atoms with Crippen molar-refractivity contribution >= 4 is 11.7 Å². The summed E-state index contributed by atoms with van der Waals surface area (Å²) >= 11 is 0. The van der Waals surface area contributed by atoms with Gasteiger partial charge in [-0.05, 0) is 72.1 Å². The number of nitrogens with one attached hydrogen (secondary N) is 1. The van der Waals surface area contributed by atoms with Crippen molar-refractivity contribution in [3.63, 3.8) is 0 Å². The summed E-state index contributed by atoms with van der Waals surface area (Å²) in [5, 5.41) is 12.7. The van der Waals surface area contributed by atoms with Crippen LogP contribution in [0.15, 0.2) is 12.2 Å². The highest BCUT2D eigenvalue weighted by atomic mass is 16.5. The summed E-state index contributed by atoms with van der Waals surface area (Å²) in [5.74, 6) is 0.361. The molecule has 0 spiro atoms. The van der Waals surface area contributed by atoms with Crippen LogP contribution in [0.2, 0.25) is 0 Å². The molecule has 0 radical (unpaired) electrons. The summed E-state index contributed by atoms with van der Waals surface area (Å²) in [7, 11) is 0. The normalized spacial score (nSPS) is 12.9. The van der Waals surface area contributed by atoms with Crippen molar-refractivity contribution in [3.05, 3.63) is 12.2 Å². The van der Waals surface area contributed by atoms with E-state index in [4.69, 9.17) is 4.74 Å². The molecule has 0 aromatic rings. The number of amides is 1. The number of aliphatic hydroxyl groups is 1. The zero-order valence-electron chi connectivity index (χ0n) is 21.4. The lowest BCUT2D eigenvalue weighted by Crippen LogP contribution is -2.26. The molecule has 5 heteroatoms. The summed E-state index contributed by atoms with van der Waals surface area (Å²) in [6.07, 6.45) is 19.2. The number of ketones is 1. The standard InChI is InChI=1S/C27H51NO4/c1-5-6-7-17-20-26(30)28-22-18-15-13-11-9-8-10-12-14-16-19-25(29)24(2)32-23-21-27(3,4)31/h9,11,24,31H,5-8,10,12-23H2,1-4H3,(H,28,30). The van der Waals surface area contributed by atoms with Crippen LogP contribution >= 0.6 is 0 Å². The minimum Gasteiger partial charge on any atom is -0.390 e. The SMILES string of the molecule is CCCCCCC(=O)NCCCCC=CCCCCCCC(=O)C(C)OCCC(C)(C)O. The quantitative estimate of drug-likeness (QED) is 0.149. The Morgan fingerprint density at radius 3 is 2.16 bits per heavy atom. The highest BCUT2D eigenvalue weighted by Crippen LogP contribution is 2.11. The van der Waals surface area contributed by atoms with Crippen LogP contribution in [0.5, 0.6) is 0 Å². The Labute approximate surface area is 197 Å². The molecule has 0 fully saturated rings. The van der Waals surface area contributed by atoms with E-state index >= 15 is 0 Å². The van der Waals surface area contributed by atoms with Gasteiger partial charge in [-0.3, -0.25) is 9.59 Å². The molecule has 1 amide bonds. The van der Waals surface area contributed by atoms with Gasteiger partial charge in [0, 0.05) is 19.4 Å². The van der Waals surface area contributed by atoms with Gasteiger partial charge in [0.2, 0.25) is 5.91 Å². The monoisotopic (exact) mass is 453 g/mol. The Morgan fingerprint density at radius 1 is 0.906 bits per heavy atom. The van der Waals surface area contributed by atoms with Crippen LogP contribution < -0.4 is 5.32 Å². The number of carbonyl (C=O) groups excluding carboxylic acids is 2. The average molecular weight is 454 g/mol. The van der Waals surface area contributed by atoms with Gasteiger partial charge in [0.25, 0.3) is 0 Å². The number of rotatable bonds is 22. The number of Topliss-reactive ketones (excluding diaryl/α,β-unsaturated/α-hetero) is 1. The smallest absolute Gasteiger partial charge is 0.219 e. The van der Waals surface area contributed by atoms with Crippen LogP contribution in [0.4, 0.5) is 0 Å². The van der Waals surface area contributed by atoms with E-state index < -0.39 is 5.60 Å². The highest BCUT2D eigenvalue weighted by molar-refractivity contribution is 5.82. The van der Waals surface area contributed by atoms with Crippen LogP contribution in [0, 0.1) is 0 Å². The van der Waals surface area contributed by atoms with Gasteiger partial charge in [0.15, 0.2) is 5.78 Å². The Balaban J connectivity index is 3.45. The molecule has 5 nitrogen and oxygen atoms in total. The second-order valence-corrected chi connectivity index (χ2v) is 9.62. The maximum absolute atomic E-state index is 12.1. The highest BCUT2D eigenvalue weighted by Gasteiger charge is 2.16. The van der Waals surface area contributed by atoms with E-state index in [-0.39, 0.29) is 17.8 Å². The van der Waals surface area contributed by atoms with Crippen molar-refractivity contribution in [2.75, 3.05) is 13.2 Å². The lowest BCUT2D eigenvalue weighted by Gasteiger charge is -2.18. The van der Waals surface area contributed by atoms with Crippen LogP contribution in [0.25, 0.3) is 0 Å². The molecule has 0 aliphatic heterocycles. The van der Waals surface area contributed by atoms with Crippen molar-refractivity contribution in [2.24, 2.45) is 0 Å². The van der Waals surface area contributed by atoms with Gasteiger partial charge in [0.05, 0.1) is 12.2 Å². The molecule has 0 saturated carbocycles. The minimum absolute atomic E-state index is 0.160. The second-order valence-electron chi connectivity index (χ2n) is 9.62. The van der Waals surface area contributed by atoms with Crippen LogP contribution in [-0.4, -0.2) is 41.7 Å². The molecule has 1 unspecified atom stereocenters. The topological polar surface area (TPSA) is 75.6 Å². The lowest BCUT2D eigenvalue weighted by atomic mass is 10.1. The van der Waals surface area contributed by atoms with Crippen molar-refractivity contribution < 1.29 is 19.4 Å². The number of unbranched alkanes of at least 4 members (excludes halogenated alkanes) is 9. The first-order valence-corrected chi connectivity index (χ1v) is 13.0. The molecule has 1 atom stereocenters. The maximum atomic E-state index is 12.1. The van der Waals surface area contributed by atoms with Crippen LogP contribution in [-0.2, 0) is 14.3 Å². The molecule has 0 heterocycles. The summed E-state index contributed by atoms with van der Waals surface area (Å²) in [6.45, 7) is 8.69. The number of hydrogen-bond donors (Lipinski definition) is 2. The second kappa shape index (κ2) is 20.4. The van der Waals surface area contributed by atoms with E-state index in [0.717, 1.165) is 70.8 Å². The fraction of sp³-hybridized carbons (Fsp3) is 0.852. The van der Waals surface area contributed by atoms with Gasteiger partial charge in [-0.15, -0.1) is 0 Å². The summed E-state index contributed by atoms with van der Waals surface area (Å²) < 4.78 is 5.53. The van der Waals surface area contributed by atoms with Crippen molar-refractivity contribution in [1.29, 1.82) is 0 Å². The third kappa shape index (κ3) is 22.0. The van der Waals surface area contributed by atoms with E-state index in [0.29, 0.717) is 25.9 Å². The van der Waals surface area contributed by atoms with E-state index in [9.17, 15) is 14.7 Å². The van der Waals surface area contributed by atoms with E-state index in [2.05, 4.69) is 24.4 Å². The van der Waals surface area contributed by atoms with E-state index in [1.54, 1.807) is 20.8 Å². The number of ether oxygens (including phenoxy) is 1. The van der Waals surface area contributed by atoms with Crippen molar-refractivity contribution in [3.8, 4) is 0 Å². The first-order chi connectivity index (χ1) is 15.3. The third-order valence-electron chi connectivity index (χ3n) is 5.62. The zero-order chi connectivity index (χ0) is 24.1. The maximum Gasteiger partial charge on any atom is 0.219 e. The molecule has 0 aliphatic carbocycles. The fourth-order valence-corrected chi connectivity index (χ4v) is 3.35. The summed E-state index contributed by atoms with van der Waals surface area (Å²) in [6, 6.07) is 0. The van der Waals surface area contributed by atoms with Crippen LogP contribution in [0.1, 0.15) is 124 Å². The molecule has 0 aliphatic rings. The minimum atomic E-state index is -0.748. The molecule has 188 valence electrons. The van der Waals surface area contributed by atoms with Gasteiger partial charge in [-0.1, -0.05) is 51.2 Å².